The van der Waals surface area contributed by atoms with Crippen LogP contribution in [0, 0.1) is 5.41 Å². The lowest BCUT2D eigenvalue weighted by molar-refractivity contribution is 0.136. The zero-order chi connectivity index (χ0) is 8.32. The fourth-order valence-corrected chi connectivity index (χ4v) is 1.66. The smallest absolute Gasteiger partial charge is 0.0512 e. The predicted octanol–water partition coefficient (Wildman–Crippen LogP) is -0.351. The average molecular weight is 158 g/mol. The molecule has 0 amide bonds. The maximum Gasteiger partial charge on any atom is 0.0512 e. The molecule has 0 aliphatic carbocycles. The first-order valence-electron chi connectivity index (χ1n) is 4.29. The lowest BCUT2D eigenvalue weighted by Crippen LogP contribution is -2.37. The second-order valence-electron chi connectivity index (χ2n) is 3.48. The average Bonchev–Trinajstić information content (AvgIpc) is 2.49. The van der Waals surface area contributed by atoms with Crippen LogP contribution in [0.25, 0.3) is 0 Å². The molecule has 1 unspecified atom stereocenters. The Morgan fingerprint density at radius 1 is 1.64 bits per heavy atom. The number of likely N-dealkylation sites (tertiary alicyclic amines) is 1. The van der Waals surface area contributed by atoms with E-state index >= 15 is 0 Å². The summed E-state index contributed by atoms with van der Waals surface area (Å²) in [5, 5.41) is 9.12. The minimum Gasteiger partial charge on any atom is -0.396 e. The Morgan fingerprint density at radius 2 is 2.36 bits per heavy atom. The van der Waals surface area contributed by atoms with E-state index in [1.54, 1.807) is 0 Å². The summed E-state index contributed by atoms with van der Waals surface area (Å²) in [5.41, 5.74) is 5.62. The summed E-state index contributed by atoms with van der Waals surface area (Å²) in [6.07, 6.45) is 1.05. The van der Waals surface area contributed by atoms with Gasteiger partial charge in [0.15, 0.2) is 0 Å². The fraction of sp³-hybridized carbons (Fsp3) is 1.00. The second kappa shape index (κ2) is 3.52. The fourth-order valence-electron chi connectivity index (χ4n) is 1.66. The quantitative estimate of drug-likeness (QED) is 0.590. The van der Waals surface area contributed by atoms with Crippen molar-refractivity contribution in [1.82, 2.24) is 4.90 Å². The van der Waals surface area contributed by atoms with E-state index in [9.17, 15) is 0 Å². The van der Waals surface area contributed by atoms with Crippen molar-refractivity contribution in [3.63, 3.8) is 0 Å². The Labute approximate surface area is 68.2 Å². The molecule has 3 N–H and O–H groups in total. The molecule has 3 heteroatoms. The number of rotatable bonds is 3. The topological polar surface area (TPSA) is 49.5 Å². The summed E-state index contributed by atoms with van der Waals surface area (Å²) >= 11 is 0. The van der Waals surface area contributed by atoms with E-state index in [-0.39, 0.29) is 12.0 Å². The van der Waals surface area contributed by atoms with Gasteiger partial charge < -0.3 is 15.7 Å². The predicted molar refractivity (Wildman–Crippen MR) is 45.3 cm³/mol. The van der Waals surface area contributed by atoms with Gasteiger partial charge in [0.2, 0.25) is 0 Å². The van der Waals surface area contributed by atoms with Crippen molar-refractivity contribution < 1.29 is 5.11 Å². The molecule has 1 rings (SSSR count). The van der Waals surface area contributed by atoms with Gasteiger partial charge in [-0.15, -0.1) is 0 Å². The molecule has 1 fully saturated rings. The molecule has 0 saturated carbocycles. The van der Waals surface area contributed by atoms with Crippen LogP contribution in [0.5, 0.6) is 0 Å². The molecule has 1 saturated heterocycles. The van der Waals surface area contributed by atoms with Gasteiger partial charge in [-0.25, -0.2) is 0 Å². The van der Waals surface area contributed by atoms with Crippen LogP contribution in [0.4, 0.5) is 0 Å². The summed E-state index contributed by atoms with van der Waals surface area (Å²) in [5.74, 6) is 0. The Bertz CT molecular complexity index is 123. The molecule has 0 bridgehead atoms. The van der Waals surface area contributed by atoms with Gasteiger partial charge in [0.25, 0.3) is 0 Å². The molecule has 1 aliphatic heterocycles. The monoisotopic (exact) mass is 158 g/mol. The molecule has 0 aromatic heterocycles. The van der Waals surface area contributed by atoms with Gasteiger partial charge in [0, 0.05) is 18.5 Å². The second-order valence-corrected chi connectivity index (χ2v) is 3.48. The van der Waals surface area contributed by atoms with Crippen LogP contribution in [0.15, 0.2) is 0 Å². The first kappa shape index (κ1) is 8.97. The minimum absolute atomic E-state index is 0.00993. The minimum atomic E-state index is 0.00993. The number of aliphatic hydroxyl groups is 1. The summed E-state index contributed by atoms with van der Waals surface area (Å²) in [7, 11) is 0. The van der Waals surface area contributed by atoms with Crippen LogP contribution < -0.4 is 5.73 Å². The van der Waals surface area contributed by atoms with Gasteiger partial charge in [-0.1, -0.05) is 6.92 Å². The molecule has 0 radical (unpaired) electrons. The van der Waals surface area contributed by atoms with Crippen LogP contribution in [0.3, 0.4) is 0 Å². The molecule has 0 aromatic carbocycles. The van der Waals surface area contributed by atoms with E-state index in [1.807, 2.05) is 0 Å². The molecular weight excluding hydrogens is 140 g/mol. The number of hydrogen-bond acceptors (Lipinski definition) is 3. The van der Waals surface area contributed by atoms with Crippen molar-refractivity contribution in [2.24, 2.45) is 11.1 Å². The highest BCUT2D eigenvalue weighted by Gasteiger charge is 2.35. The normalized spacial score (nSPS) is 33.0. The van der Waals surface area contributed by atoms with Gasteiger partial charge in [-0.3, -0.25) is 0 Å². The van der Waals surface area contributed by atoms with Gasteiger partial charge in [0.05, 0.1) is 6.61 Å². The van der Waals surface area contributed by atoms with Crippen molar-refractivity contribution in [3.8, 4) is 0 Å². The van der Waals surface area contributed by atoms with Crippen molar-refractivity contribution in [3.05, 3.63) is 0 Å². The highest BCUT2D eigenvalue weighted by atomic mass is 16.3. The molecule has 1 aliphatic rings. The van der Waals surface area contributed by atoms with E-state index < -0.39 is 0 Å². The third-order valence-electron chi connectivity index (χ3n) is 2.73. The molecule has 0 aromatic rings. The van der Waals surface area contributed by atoms with Crippen molar-refractivity contribution in [1.29, 1.82) is 0 Å². The number of hydrogen-bond donors (Lipinski definition) is 2. The first-order chi connectivity index (χ1) is 5.26. The van der Waals surface area contributed by atoms with Gasteiger partial charge in [-0.05, 0) is 19.5 Å². The number of aliphatic hydroxyl groups excluding tert-OH is 1. The summed E-state index contributed by atoms with van der Waals surface area (Å²) in [6, 6.07) is 0. The lowest BCUT2D eigenvalue weighted by Gasteiger charge is -2.24. The van der Waals surface area contributed by atoms with Crippen LogP contribution in [0.2, 0.25) is 0 Å². The van der Waals surface area contributed by atoms with E-state index in [1.165, 1.54) is 0 Å². The Hall–Kier alpha value is -0.120. The zero-order valence-corrected chi connectivity index (χ0v) is 7.21. The largest absolute Gasteiger partial charge is 0.396 e. The Morgan fingerprint density at radius 3 is 2.64 bits per heavy atom. The SMILES string of the molecule is CCN1CCC(CN)(CO)C1. The zero-order valence-electron chi connectivity index (χ0n) is 7.21. The first-order valence-corrected chi connectivity index (χ1v) is 4.29. The van der Waals surface area contributed by atoms with Crippen LogP contribution in [-0.4, -0.2) is 42.8 Å². The Kier molecular flexibility index (Phi) is 2.87. The van der Waals surface area contributed by atoms with Crippen LogP contribution >= 0.6 is 0 Å². The van der Waals surface area contributed by atoms with Crippen molar-refractivity contribution in [2.75, 3.05) is 32.8 Å². The molecule has 1 heterocycles. The van der Waals surface area contributed by atoms with Gasteiger partial charge >= 0.3 is 0 Å². The van der Waals surface area contributed by atoms with Gasteiger partial charge in [-0.2, -0.15) is 0 Å². The molecule has 0 spiro atoms. The summed E-state index contributed by atoms with van der Waals surface area (Å²) in [6.45, 7) is 6.12. The number of nitrogens with zero attached hydrogens (tertiary/aromatic N) is 1. The summed E-state index contributed by atoms with van der Waals surface area (Å²) in [4.78, 5) is 2.34. The van der Waals surface area contributed by atoms with Crippen molar-refractivity contribution in [2.45, 2.75) is 13.3 Å². The van der Waals surface area contributed by atoms with Gasteiger partial charge in [0.1, 0.15) is 0 Å². The van der Waals surface area contributed by atoms with Crippen LogP contribution in [-0.2, 0) is 0 Å². The highest BCUT2D eigenvalue weighted by molar-refractivity contribution is 4.89. The van der Waals surface area contributed by atoms with Crippen LogP contribution in [0.1, 0.15) is 13.3 Å². The summed E-state index contributed by atoms with van der Waals surface area (Å²) < 4.78 is 0. The molecule has 3 nitrogen and oxygen atoms in total. The Balaban J connectivity index is 2.48. The molecule has 1 atom stereocenters. The standard InChI is InChI=1S/C8H18N2O/c1-2-10-4-3-8(5-9,6-10)7-11/h11H,2-7,9H2,1H3. The third kappa shape index (κ3) is 1.72. The van der Waals surface area contributed by atoms with Crippen molar-refractivity contribution >= 4 is 0 Å². The molecule has 66 valence electrons. The van der Waals surface area contributed by atoms with E-state index in [4.69, 9.17) is 10.8 Å². The number of nitrogens with two attached hydrogens (primary N) is 1. The maximum absolute atomic E-state index is 9.12. The molecular formula is C8H18N2O. The van der Waals surface area contributed by atoms with E-state index in [2.05, 4.69) is 11.8 Å². The van der Waals surface area contributed by atoms with E-state index in [0.29, 0.717) is 6.54 Å². The maximum atomic E-state index is 9.12. The lowest BCUT2D eigenvalue weighted by atomic mass is 9.88. The highest BCUT2D eigenvalue weighted by Crippen LogP contribution is 2.28. The van der Waals surface area contributed by atoms with E-state index in [0.717, 1.165) is 26.1 Å². The molecule has 11 heavy (non-hydrogen) atoms. The third-order valence-corrected chi connectivity index (χ3v) is 2.73.